The first kappa shape index (κ1) is 25.0. The van der Waals surface area contributed by atoms with Crippen LogP contribution >= 0.6 is 0 Å². The fourth-order valence-corrected chi connectivity index (χ4v) is 4.72. The average molecular weight is 531 g/mol. The molecule has 0 atom stereocenters. The zero-order valence-electron chi connectivity index (χ0n) is 22.5. The Morgan fingerprint density at radius 3 is 2.64 bits per heavy atom. The molecule has 0 bridgehead atoms. The lowest BCUT2D eigenvalue weighted by atomic mass is 10.1. The third-order valence-electron chi connectivity index (χ3n) is 6.86. The summed E-state index contributed by atoms with van der Waals surface area (Å²) in [6, 6.07) is 8.22. The maximum absolute atomic E-state index is 13.5. The monoisotopic (exact) mass is 530 g/mol. The topological polar surface area (TPSA) is 103 Å². The van der Waals surface area contributed by atoms with Gasteiger partial charge in [0.25, 0.3) is 0 Å². The molecule has 6 rings (SSSR count). The van der Waals surface area contributed by atoms with E-state index in [1.807, 2.05) is 38.4 Å². The van der Waals surface area contributed by atoms with Crippen LogP contribution in [0.2, 0.25) is 0 Å². The normalized spacial score (nSPS) is 14.9. The number of benzene rings is 1. The minimum absolute atomic E-state index is 0.278. The van der Waals surface area contributed by atoms with Gasteiger partial charge in [-0.1, -0.05) is 0 Å². The van der Waals surface area contributed by atoms with Crippen LogP contribution in [-0.4, -0.2) is 46.1 Å². The van der Waals surface area contributed by atoms with Gasteiger partial charge in [0.15, 0.2) is 5.82 Å². The van der Waals surface area contributed by atoms with E-state index in [-0.39, 0.29) is 11.9 Å². The molecule has 0 spiro atoms. The first-order valence-corrected chi connectivity index (χ1v) is 13.1. The summed E-state index contributed by atoms with van der Waals surface area (Å²) in [6.45, 7) is 9.18. The van der Waals surface area contributed by atoms with Gasteiger partial charge in [-0.05, 0) is 70.7 Å². The van der Waals surface area contributed by atoms with E-state index in [2.05, 4.69) is 20.4 Å². The minimum Gasteiger partial charge on any atom is -0.444 e. The van der Waals surface area contributed by atoms with Crippen molar-refractivity contribution in [2.24, 2.45) is 5.92 Å². The molecule has 10 nitrogen and oxygen atoms in total. The molecule has 1 aliphatic carbocycles. The molecule has 1 saturated carbocycles. The molecule has 11 heteroatoms. The lowest BCUT2D eigenvalue weighted by molar-refractivity contribution is 0.0239. The molecular formula is C28H31FN8O2. The smallest absolute Gasteiger partial charge is 0.410 e. The highest BCUT2D eigenvalue weighted by atomic mass is 19.1. The lowest BCUT2D eigenvalue weighted by Crippen LogP contribution is -2.33. The predicted molar refractivity (Wildman–Crippen MR) is 143 cm³/mol. The summed E-state index contributed by atoms with van der Waals surface area (Å²) < 4.78 is 22.8. The van der Waals surface area contributed by atoms with Gasteiger partial charge in [-0.2, -0.15) is 10.2 Å². The fraction of sp³-hybridized carbons (Fsp3) is 0.393. The van der Waals surface area contributed by atoms with Crippen LogP contribution in [0.15, 0.2) is 42.9 Å². The number of hydrogen-bond donors (Lipinski definition) is 1. The minimum atomic E-state index is -0.564. The second-order valence-electron chi connectivity index (χ2n) is 11.2. The van der Waals surface area contributed by atoms with Crippen LogP contribution in [0.5, 0.6) is 0 Å². The third kappa shape index (κ3) is 5.21. The number of aromatic nitrogens is 6. The Kier molecular flexibility index (Phi) is 6.08. The highest BCUT2D eigenvalue weighted by Crippen LogP contribution is 2.36. The van der Waals surface area contributed by atoms with Gasteiger partial charge in [0, 0.05) is 29.3 Å². The number of carbonyl (C=O) groups is 1. The Bertz CT molecular complexity index is 1530. The Morgan fingerprint density at radius 2 is 1.92 bits per heavy atom. The molecule has 1 aromatic carbocycles. The van der Waals surface area contributed by atoms with Gasteiger partial charge in [-0.3, -0.25) is 4.90 Å². The molecule has 3 aromatic heterocycles. The molecule has 1 fully saturated rings. The van der Waals surface area contributed by atoms with Crippen LogP contribution in [0.4, 0.5) is 20.8 Å². The second kappa shape index (κ2) is 9.48. The van der Waals surface area contributed by atoms with Crippen LogP contribution in [0.1, 0.15) is 50.4 Å². The SMILES string of the molecule is Cc1c(-c2ccc(F)cc2)nn(CC2CC2)c1Nc1cc(-n2ncc3c2CN(C(=O)OC(C)(C)C)C3)ncn1. The highest BCUT2D eigenvalue weighted by molar-refractivity contribution is 5.71. The van der Waals surface area contributed by atoms with E-state index in [4.69, 9.17) is 9.84 Å². The molecule has 4 heterocycles. The number of nitrogens with one attached hydrogen (secondary N) is 1. The molecule has 1 amide bonds. The Hall–Kier alpha value is -4.28. The van der Waals surface area contributed by atoms with Crippen LogP contribution in [-0.2, 0) is 24.4 Å². The average Bonchev–Trinajstić information content (AvgIpc) is 3.33. The van der Waals surface area contributed by atoms with Gasteiger partial charge >= 0.3 is 6.09 Å². The van der Waals surface area contributed by atoms with Crippen LogP contribution in [0, 0.1) is 18.7 Å². The van der Waals surface area contributed by atoms with Crippen LogP contribution in [0.3, 0.4) is 0 Å². The first-order chi connectivity index (χ1) is 18.6. The molecule has 1 N–H and O–H groups in total. The predicted octanol–water partition coefficient (Wildman–Crippen LogP) is 5.38. The van der Waals surface area contributed by atoms with E-state index in [0.29, 0.717) is 30.6 Å². The summed E-state index contributed by atoms with van der Waals surface area (Å²) in [5, 5.41) is 12.9. The van der Waals surface area contributed by atoms with Crippen molar-refractivity contribution in [2.75, 3.05) is 5.32 Å². The Balaban J connectivity index is 1.27. The molecule has 2 aliphatic rings. The van der Waals surface area contributed by atoms with E-state index >= 15 is 0 Å². The molecule has 0 unspecified atom stereocenters. The highest BCUT2D eigenvalue weighted by Gasteiger charge is 2.31. The lowest BCUT2D eigenvalue weighted by Gasteiger charge is -2.24. The summed E-state index contributed by atoms with van der Waals surface area (Å²) in [5.74, 6) is 2.35. The molecule has 4 aromatic rings. The van der Waals surface area contributed by atoms with Crippen molar-refractivity contribution in [2.45, 2.75) is 65.8 Å². The van der Waals surface area contributed by atoms with Gasteiger partial charge in [0.2, 0.25) is 0 Å². The van der Waals surface area contributed by atoms with Gasteiger partial charge < -0.3 is 10.1 Å². The standard InChI is InChI=1S/C28H31FN8O2/c1-17-25(19-7-9-21(29)10-8-19)34-36(13-18-5-6-18)26(17)33-23-11-24(31-16-30-23)37-22-15-35(14-20(22)12-32-37)27(38)39-28(2,3)4/h7-12,16,18H,5-6,13-15H2,1-4H3,(H,30,31,33). The van der Waals surface area contributed by atoms with E-state index < -0.39 is 5.60 Å². The van der Waals surface area contributed by atoms with Gasteiger partial charge in [-0.15, -0.1) is 0 Å². The fourth-order valence-electron chi connectivity index (χ4n) is 4.72. The molecular weight excluding hydrogens is 499 g/mol. The van der Waals surface area contributed by atoms with Crippen molar-refractivity contribution in [3.05, 3.63) is 65.5 Å². The van der Waals surface area contributed by atoms with Crippen LogP contribution < -0.4 is 5.32 Å². The van der Waals surface area contributed by atoms with E-state index in [1.165, 1.54) is 31.3 Å². The number of carbonyl (C=O) groups excluding carboxylic acids is 1. The van der Waals surface area contributed by atoms with Crippen molar-refractivity contribution in [1.82, 2.24) is 34.4 Å². The molecule has 0 saturated heterocycles. The zero-order valence-corrected chi connectivity index (χ0v) is 22.5. The molecule has 39 heavy (non-hydrogen) atoms. The number of halogens is 1. The number of nitrogens with zero attached hydrogens (tertiary/aromatic N) is 7. The quantitative estimate of drug-likeness (QED) is 0.357. The summed E-state index contributed by atoms with van der Waals surface area (Å²) in [7, 11) is 0. The second-order valence-corrected chi connectivity index (χ2v) is 11.2. The number of ether oxygens (including phenoxy) is 1. The molecule has 202 valence electrons. The summed E-state index contributed by atoms with van der Waals surface area (Å²) >= 11 is 0. The van der Waals surface area contributed by atoms with Crippen molar-refractivity contribution in [3.8, 4) is 17.1 Å². The first-order valence-electron chi connectivity index (χ1n) is 13.1. The summed E-state index contributed by atoms with van der Waals surface area (Å²) in [5.41, 5.74) is 3.90. The van der Waals surface area contributed by atoms with E-state index in [0.717, 1.165) is 40.4 Å². The number of amides is 1. The van der Waals surface area contributed by atoms with Crippen molar-refractivity contribution in [3.63, 3.8) is 0 Å². The maximum Gasteiger partial charge on any atom is 0.410 e. The zero-order chi connectivity index (χ0) is 27.3. The maximum atomic E-state index is 13.5. The third-order valence-corrected chi connectivity index (χ3v) is 6.86. The van der Waals surface area contributed by atoms with Crippen LogP contribution in [0.25, 0.3) is 17.1 Å². The van der Waals surface area contributed by atoms with E-state index in [9.17, 15) is 9.18 Å². The van der Waals surface area contributed by atoms with Crippen molar-refractivity contribution >= 4 is 17.7 Å². The van der Waals surface area contributed by atoms with Gasteiger partial charge in [0.1, 0.15) is 29.4 Å². The number of anilines is 2. The number of fused-ring (bicyclic) bond motifs is 1. The van der Waals surface area contributed by atoms with E-state index in [1.54, 1.807) is 27.9 Å². The number of rotatable bonds is 6. The summed E-state index contributed by atoms with van der Waals surface area (Å²) in [6.07, 6.45) is 5.27. The Morgan fingerprint density at radius 1 is 1.15 bits per heavy atom. The van der Waals surface area contributed by atoms with Gasteiger partial charge in [-0.25, -0.2) is 28.5 Å². The van der Waals surface area contributed by atoms with Crippen molar-refractivity contribution < 1.29 is 13.9 Å². The summed E-state index contributed by atoms with van der Waals surface area (Å²) in [4.78, 5) is 23.2. The van der Waals surface area contributed by atoms with Crippen molar-refractivity contribution in [1.29, 1.82) is 0 Å². The van der Waals surface area contributed by atoms with Gasteiger partial charge in [0.05, 0.1) is 30.7 Å². The Labute approximate surface area is 225 Å². The molecule has 1 aliphatic heterocycles. The largest absolute Gasteiger partial charge is 0.444 e. The number of hydrogen-bond acceptors (Lipinski definition) is 7. The molecule has 0 radical (unpaired) electrons.